The van der Waals surface area contributed by atoms with Crippen molar-refractivity contribution in [3.8, 4) is 0 Å². The maximum Gasteiger partial charge on any atom is 0.248 e. The van der Waals surface area contributed by atoms with Crippen molar-refractivity contribution in [2.75, 3.05) is 6.61 Å². The van der Waals surface area contributed by atoms with E-state index >= 15 is 0 Å². The molecule has 5 rings (SSSR count). The van der Waals surface area contributed by atoms with E-state index in [1.165, 1.54) is 0 Å². The summed E-state index contributed by atoms with van der Waals surface area (Å²) in [5.41, 5.74) is 1.42. The van der Waals surface area contributed by atoms with Gasteiger partial charge in [-0.05, 0) is 17.7 Å². The summed E-state index contributed by atoms with van der Waals surface area (Å²) < 4.78 is 38.7. The Morgan fingerprint density at radius 1 is 0.879 bits per heavy atom. The van der Waals surface area contributed by atoms with Crippen LogP contribution in [-0.4, -0.2) is 34.9 Å². The third-order valence-corrected chi connectivity index (χ3v) is 7.75. The van der Waals surface area contributed by atoms with Crippen LogP contribution < -0.4 is 0 Å². The van der Waals surface area contributed by atoms with Crippen LogP contribution in [0.15, 0.2) is 95.9 Å². The molecule has 2 fully saturated rings. The molecule has 0 aromatic heterocycles. The van der Waals surface area contributed by atoms with Gasteiger partial charge in [0.25, 0.3) is 0 Å². The topological polar surface area (TPSA) is 60.0 Å². The largest absolute Gasteiger partial charge is 0.609 e. The standard InChI is InChI=1S/C27H28O5S/c1-19-24-23(18-30-26(32-24)21-13-7-3-8-14-21)31-27(33(28)22-15-9-4-10-16-22)25(19)29-17-20-11-5-2-6-12-20/h2-16,19,23-27H,17-18H2,1H3/t19?,23?,24-,25+,26?,27+,33?/m0/s1. The molecule has 0 radical (unpaired) electrons. The zero-order valence-corrected chi connectivity index (χ0v) is 19.3. The minimum absolute atomic E-state index is 0.0414. The van der Waals surface area contributed by atoms with Crippen LogP contribution >= 0.6 is 0 Å². The maximum atomic E-state index is 13.6. The van der Waals surface area contributed by atoms with E-state index in [1.807, 2.05) is 91.0 Å². The minimum Gasteiger partial charge on any atom is -0.609 e. The van der Waals surface area contributed by atoms with Crippen LogP contribution in [0.4, 0.5) is 0 Å². The second-order valence-electron chi connectivity index (χ2n) is 8.45. The number of hydrogen-bond acceptors (Lipinski definition) is 5. The Bertz CT molecular complexity index is 1000. The average Bonchev–Trinajstić information content (AvgIpc) is 2.89. The number of rotatable bonds is 6. The summed E-state index contributed by atoms with van der Waals surface area (Å²) in [6.45, 7) is 2.89. The van der Waals surface area contributed by atoms with Crippen molar-refractivity contribution in [1.29, 1.82) is 0 Å². The molecule has 172 valence electrons. The normalized spacial score (nSPS) is 30.4. The first-order chi connectivity index (χ1) is 16.2. The Kier molecular flexibility index (Phi) is 7.11. The van der Waals surface area contributed by atoms with E-state index in [1.54, 1.807) is 0 Å². The molecule has 6 heteroatoms. The van der Waals surface area contributed by atoms with Gasteiger partial charge < -0.3 is 23.5 Å². The van der Waals surface area contributed by atoms with Gasteiger partial charge in [0.05, 0.1) is 19.3 Å². The Labute approximate surface area is 197 Å². The lowest BCUT2D eigenvalue weighted by Gasteiger charge is -2.48. The van der Waals surface area contributed by atoms with Crippen LogP contribution in [-0.2, 0) is 36.7 Å². The second-order valence-corrected chi connectivity index (χ2v) is 9.98. The molecule has 0 aliphatic carbocycles. The Morgan fingerprint density at radius 2 is 1.52 bits per heavy atom. The molecule has 0 amide bonds. The fourth-order valence-corrected chi connectivity index (χ4v) is 5.96. The van der Waals surface area contributed by atoms with Gasteiger partial charge in [0, 0.05) is 22.7 Å². The van der Waals surface area contributed by atoms with Gasteiger partial charge in [0.2, 0.25) is 5.44 Å². The zero-order chi connectivity index (χ0) is 22.6. The summed E-state index contributed by atoms with van der Waals surface area (Å²) in [5.74, 6) is -0.0414. The van der Waals surface area contributed by atoms with Crippen LogP contribution in [0.25, 0.3) is 0 Å². The predicted molar refractivity (Wildman–Crippen MR) is 126 cm³/mol. The van der Waals surface area contributed by atoms with E-state index in [9.17, 15) is 4.55 Å². The van der Waals surface area contributed by atoms with Gasteiger partial charge in [-0.2, -0.15) is 0 Å². The highest BCUT2D eigenvalue weighted by molar-refractivity contribution is 7.92. The summed E-state index contributed by atoms with van der Waals surface area (Å²) in [6, 6.07) is 29.3. The smallest absolute Gasteiger partial charge is 0.248 e. The highest BCUT2D eigenvalue weighted by Crippen LogP contribution is 2.40. The van der Waals surface area contributed by atoms with Crippen molar-refractivity contribution >= 4 is 11.2 Å². The summed E-state index contributed by atoms with van der Waals surface area (Å²) in [5, 5.41) is 0. The summed E-state index contributed by atoms with van der Waals surface area (Å²) in [6.07, 6.45) is -1.39. The maximum absolute atomic E-state index is 13.6. The van der Waals surface area contributed by atoms with Crippen LogP contribution in [0.3, 0.4) is 0 Å². The van der Waals surface area contributed by atoms with Gasteiger partial charge in [-0.25, -0.2) is 0 Å². The minimum atomic E-state index is -1.40. The fraction of sp³-hybridized carbons (Fsp3) is 0.333. The van der Waals surface area contributed by atoms with Gasteiger partial charge in [0.15, 0.2) is 11.2 Å². The van der Waals surface area contributed by atoms with Crippen LogP contribution in [0.1, 0.15) is 24.3 Å². The third-order valence-electron chi connectivity index (χ3n) is 6.22. The van der Waals surface area contributed by atoms with Gasteiger partial charge in [0.1, 0.15) is 12.2 Å². The van der Waals surface area contributed by atoms with Crippen LogP contribution in [0, 0.1) is 5.92 Å². The summed E-state index contributed by atoms with van der Waals surface area (Å²) in [7, 11) is 0. The van der Waals surface area contributed by atoms with Gasteiger partial charge in [-0.15, -0.1) is 0 Å². The average molecular weight is 465 g/mol. The molecule has 0 spiro atoms. The molecule has 3 aromatic rings. The highest BCUT2D eigenvalue weighted by atomic mass is 32.2. The zero-order valence-electron chi connectivity index (χ0n) is 18.5. The molecular formula is C27H28O5S. The Morgan fingerprint density at radius 3 is 2.21 bits per heavy atom. The number of ether oxygens (including phenoxy) is 4. The van der Waals surface area contributed by atoms with Gasteiger partial charge in [-0.3, -0.25) is 0 Å². The lowest BCUT2D eigenvalue weighted by atomic mass is 9.90. The Hall–Kier alpha value is -2.19. The monoisotopic (exact) mass is 464 g/mol. The molecule has 33 heavy (non-hydrogen) atoms. The molecule has 2 heterocycles. The third kappa shape index (κ3) is 5.01. The van der Waals surface area contributed by atoms with E-state index in [2.05, 4.69) is 6.92 Å². The molecule has 3 aromatic carbocycles. The highest BCUT2D eigenvalue weighted by Gasteiger charge is 2.53. The van der Waals surface area contributed by atoms with Crippen molar-refractivity contribution in [3.05, 3.63) is 102 Å². The van der Waals surface area contributed by atoms with Crippen LogP contribution in [0.2, 0.25) is 0 Å². The van der Waals surface area contributed by atoms with E-state index in [4.69, 9.17) is 18.9 Å². The summed E-state index contributed by atoms with van der Waals surface area (Å²) >= 11 is -1.40. The quantitative estimate of drug-likeness (QED) is 0.488. The number of benzene rings is 3. The molecule has 2 aliphatic heterocycles. The second kappa shape index (κ2) is 10.4. The van der Waals surface area contributed by atoms with Crippen molar-refractivity contribution in [2.24, 2.45) is 5.92 Å². The molecule has 2 aliphatic rings. The number of hydrogen-bond donors (Lipinski definition) is 0. The molecule has 7 atom stereocenters. The van der Waals surface area contributed by atoms with Crippen molar-refractivity contribution in [2.45, 2.75) is 48.5 Å². The molecule has 4 unspecified atom stereocenters. The summed E-state index contributed by atoms with van der Waals surface area (Å²) in [4.78, 5) is 0.723. The lowest BCUT2D eigenvalue weighted by molar-refractivity contribution is -0.312. The number of fused-ring (bicyclic) bond motifs is 1. The molecule has 0 bridgehead atoms. The predicted octanol–water partition coefficient (Wildman–Crippen LogP) is 4.85. The molecule has 5 nitrogen and oxygen atoms in total. The van der Waals surface area contributed by atoms with Crippen molar-refractivity contribution in [1.82, 2.24) is 0 Å². The van der Waals surface area contributed by atoms with Crippen molar-refractivity contribution in [3.63, 3.8) is 0 Å². The first-order valence-electron chi connectivity index (χ1n) is 11.3. The fourth-order valence-electron chi connectivity index (χ4n) is 4.45. The van der Waals surface area contributed by atoms with Crippen LogP contribution in [0.5, 0.6) is 0 Å². The van der Waals surface area contributed by atoms with Gasteiger partial charge in [-0.1, -0.05) is 85.8 Å². The van der Waals surface area contributed by atoms with E-state index in [0.717, 1.165) is 16.0 Å². The van der Waals surface area contributed by atoms with E-state index < -0.39 is 29.0 Å². The molecule has 2 saturated heterocycles. The SMILES string of the molecule is CC1[C@@H]2OC(c3ccccc3)OCC2O[C@H]([S+]([O-])c2ccccc2)[C@@H]1OCc1ccccc1. The lowest BCUT2D eigenvalue weighted by Crippen LogP contribution is -2.60. The molecule has 0 N–H and O–H groups in total. The van der Waals surface area contributed by atoms with Crippen molar-refractivity contribution < 1.29 is 23.5 Å². The molecular weight excluding hydrogens is 436 g/mol. The molecule has 0 saturated carbocycles. The van der Waals surface area contributed by atoms with E-state index in [-0.39, 0.29) is 18.1 Å². The first kappa shape index (κ1) is 22.6. The Balaban J connectivity index is 1.38. The van der Waals surface area contributed by atoms with Gasteiger partial charge >= 0.3 is 0 Å². The first-order valence-corrected chi connectivity index (χ1v) is 12.5. The van der Waals surface area contributed by atoms with E-state index in [0.29, 0.717) is 13.2 Å².